The smallest absolute Gasteiger partial charge is 0.0186 e. The van der Waals surface area contributed by atoms with Crippen molar-refractivity contribution in [2.45, 2.75) is 17.7 Å². The lowest BCUT2D eigenvalue weighted by molar-refractivity contribution is 0.686. The van der Waals surface area contributed by atoms with Crippen LogP contribution in [0, 0.1) is 5.41 Å². The van der Waals surface area contributed by atoms with Crippen LogP contribution in [0.3, 0.4) is 0 Å². The van der Waals surface area contributed by atoms with Crippen LogP contribution in [0.5, 0.6) is 0 Å². The van der Waals surface area contributed by atoms with E-state index in [4.69, 9.17) is 0 Å². The largest absolute Gasteiger partial charge is 0.126 e. The van der Waals surface area contributed by atoms with Gasteiger partial charge in [0, 0.05) is 20.5 Å². The molecule has 0 nitrogen and oxygen atoms in total. The molecule has 1 aromatic carbocycles. The minimum absolute atomic E-state index is 0.604. The fourth-order valence-electron chi connectivity index (χ4n) is 1.29. The van der Waals surface area contributed by atoms with E-state index in [1.807, 2.05) is 11.8 Å². The number of halogens is 2. The van der Waals surface area contributed by atoms with Gasteiger partial charge in [-0.1, -0.05) is 37.9 Å². The van der Waals surface area contributed by atoms with Crippen molar-refractivity contribution in [1.82, 2.24) is 0 Å². The number of rotatable bonds is 4. The van der Waals surface area contributed by atoms with Crippen LogP contribution in [-0.2, 0) is 0 Å². The zero-order chi connectivity index (χ0) is 10.0. The van der Waals surface area contributed by atoms with Gasteiger partial charge in [-0.25, -0.2) is 0 Å². The third kappa shape index (κ3) is 2.77. The van der Waals surface area contributed by atoms with Crippen LogP contribution >= 0.6 is 43.6 Å². The predicted molar refractivity (Wildman–Crippen MR) is 70.3 cm³/mol. The molecule has 14 heavy (non-hydrogen) atoms. The standard InChI is InChI=1S/C11H12Br2S/c12-7-11(4-5-11)8-14-10-3-1-2-9(13)6-10/h1-3,6H,4-5,7-8H2. The second kappa shape index (κ2) is 4.58. The average Bonchev–Trinajstić information content (AvgIpc) is 2.96. The zero-order valence-electron chi connectivity index (χ0n) is 7.80. The van der Waals surface area contributed by atoms with E-state index in [-0.39, 0.29) is 0 Å². The maximum absolute atomic E-state index is 3.60. The van der Waals surface area contributed by atoms with Crippen molar-refractivity contribution in [1.29, 1.82) is 0 Å². The van der Waals surface area contributed by atoms with Crippen LogP contribution in [-0.4, -0.2) is 11.1 Å². The summed E-state index contributed by atoms with van der Waals surface area (Å²) >= 11 is 9.06. The fourth-order valence-corrected chi connectivity index (χ4v) is 4.11. The summed E-state index contributed by atoms with van der Waals surface area (Å²) < 4.78 is 1.17. The molecule has 0 N–H and O–H groups in total. The quantitative estimate of drug-likeness (QED) is 0.567. The average molecular weight is 336 g/mol. The second-order valence-corrected chi connectivity index (χ2v) is 6.40. The topological polar surface area (TPSA) is 0 Å². The van der Waals surface area contributed by atoms with Gasteiger partial charge in [0.2, 0.25) is 0 Å². The summed E-state index contributed by atoms with van der Waals surface area (Å²) in [4.78, 5) is 1.37. The first-order chi connectivity index (χ1) is 6.74. The summed E-state index contributed by atoms with van der Waals surface area (Å²) in [7, 11) is 0. The molecule has 0 spiro atoms. The van der Waals surface area contributed by atoms with Gasteiger partial charge in [0.1, 0.15) is 0 Å². The molecule has 3 heteroatoms. The highest BCUT2D eigenvalue weighted by molar-refractivity contribution is 9.10. The summed E-state index contributed by atoms with van der Waals surface area (Å²) in [6, 6.07) is 8.54. The Morgan fingerprint density at radius 2 is 2.14 bits per heavy atom. The number of benzene rings is 1. The highest BCUT2D eigenvalue weighted by Gasteiger charge is 2.41. The summed E-state index contributed by atoms with van der Waals surface area (Å²) in [6.45, 7) is 0. The molecule has 0 atom stereocenters. The molecule has 2 rings (SSSR count). The number of hydrogen-bond donors (Lipinski definition) is 0. The van der Waals surface area contributed by atoms with Crippen molar-refractivity contribution in [2.24, 2.45) is 5.41 Å². The van der Waals surface area contributed by atoms with Crippen molar-refractivity contribution in [3.8, 4) is 0 Å². The molecule has 0 radical (unpaired) electrons. The van der Waals surface area contributed by atoms with Gasteiger partial charge in [0.05, 0.1) is 0 Å². The fraction of sp³-hybridized carbons (Fsp3) is 0.455. The maximum Gasteiger partial charge on any atom is 0.0186 e. The minimum Gasteiger partial charge on any atom is -0.126 e. The molecular formula is C11H12Br2S. The third-order valence-corrected chi connectivity index (χ3v) is 5.61. The Bertz CT molecular complexity index is 321. The van der Waals surface area contributed by atoms with E-state index < -0.39 is 0 Å². The molecule has 1 aromatic rings. The number of alkyl halides is 1. The first-order valence-corrected chi connectivity index (χ1v) is 7.58. The first kappa shape index (κ1) is 11.0. The van der Waals surface area contributed by atoms with Gasteiger partial charge >= 0.3 is 0 Å². The van der Waals surface area contributed by atoms with Crippen LogP contribution < -0.4 is 0 Å². The van der Waals surface area contributed by atoms with Crippen LogP contribution in [0.25, 0.3) is 0 Å². The Morgan fingerprint density at radius 3 is 2.71 bits per heavy atom. The molecule has 76 valence electrons. The van der Waals surface area contributed by atoms with Gasteiger partial charge in [-0.15, -0.1) is 11.8 Å². The molecule has 1 aliphatic carbocycles. The van der Waals surface area contributed by atoms with Crippen LogP contribution in [0.4, 0.5) is 0 Å². The summed E-state index contributed by atoms with van der Waals surface area (Å²) in [5.74, 6) is 1.24. The van der Waals surface area contributed by atoms with Crippen molar-refractivity contribution < 1.29 is 0 Å². The lowest BCUT2D eigenvalue weighted by atomic mass is 10.2. The Hall–Kier alpha value is 0.530. The lowest BCUT2D eigenvalue weighted by Gasteiger charge is -2.10. The molecule has 0 aromatic heterocycles. The predicted octanol–water partition coefficient (Wildman–Crippen LogP) is 4.72. The Morgan fingerprint density at radius 1 is 1.36 bits per heavy atom. The highest BCUT2D eigenvalue weighted by Crippen LogP contribution is 2.50. The van der Waals surface area contributed by atoms with E-state index >= 15 is 0 Å². The normalized spacial score (nSPS) is 18.1. The minimum atomic E-state index is 0.604. The Balaban J connectivity index is 1.92. The van der Waals surface area contributed by atoms with Crippen LogP contribution in [0.2, 0.25) is 0 Å². The molecule has 1 fully saturated rings. The molecular weight excluding hydrogens is 324 g/mol. The molecule has 0 unspecified atom stereocenters. The maximum atomic E-state index is 3.60. The lowest BCUT2D eigenvalue weighted by Crippen LogP contribution is -2.04. The van der Waals surface area contributed by atoms with Crippen LogP contribution in [0.15, 0.2) is 33.6 Å². The molecule has 1 saturated carbocycles. The van der Waals surface area contributed by atoms with E-state index in [0.717, 1.165) is 5.33 Å². The van der Waals surface area contributed by atoms with Gasteiger partial charge in [0.25, 0.3) is 0 Å². The van der Waals surface area contributed by atoms with Crippen molar-refractivity contribution in [3.05, 3.63) is 28.7 Å². The molecule has 0 aliphatic heterocycles. The van der Waals surface area contributed by atoms with Crippen molar-refractivity contribution in [3.63, 3.8) is 0 Å². The van der Waals surface area contributed by atoms with Crippen LogP contribution in [0.1, 0.15) is 12.8 Å². The SMILES string of the molecule is BrCC1(CSc2cccc(Br)c2)CC1. The third-order valence-electron chi connectivity index (χ3n) is 2.58. The summed E-state index contributed by atoms with van der Waals surface area (Å²) in [6.07, 6.45) is 2.78. The Kier molecular flexibility index (Phi) is 3.61. The van der Waals surface area contributed by atoms with E-state index in [1.165, 1.54) is 28.0 Å². The highest BCUT2D eigenvalue weighted by atomic mass is 79.9. The summed E-state index contributed by atoms with van der Waals surface area (Å²) in [5.41, 5.74) is 0.604. The molecule has 1 aliphatic rings. The number of hydrogen-bond acceptors (Lipinski definition) is 1. The van der Waals surface area contributed by atoms with E-state index in [1.54, 1.807) is 0 Å². The molecule has 0 saturated heterocycles. The molecule has 0 bridgehead atoms. The zero-order valence-corrected chi connectivity index (χ0v) is 11.8. The van der Waals surface area contributed by atoms with Gasteiger partial charge in [-0.2, -0.15) is 0 Å². The second-order valence-electron chi connectivity index (χ2n) is 3.88. The van der Waals surface area contributed by atoms with Gasteiger partial charge in [0.15, 0.2) is 0 Å². The first-order valence-electron chi connectivity index (χ1n) is 4.68. The molecule has 0 amide bonds. The summed E-state index contributed by atoms with van der Waals surface area (Å²) in [5, 5.41) is 1.15. The molecule has 0 heterocycles. The van der Waals surface area contributed by atoms with E-state index in [0.29, 0.717) is 5.41 Å². The van der Waals surface area contributed by atoms with Gasteiger partial charge < -0.3 is 0 Å². The number of thioether (sulfide) groups is 1. The van der Waals surface area contributed by atoms with Crippen molar-refractivity contribution in [2.75, 3.05) is 11.1 Å². The monoisotopic (exact) mass is 334 g/mol. The van der Waals surface area contributed by atoms with E-state index in [2.05, 4.69) is 56.1 Å². The van der Waals surface area contributed by atoms with Crippen molar-refractivity contribution >= 4 is 43.6 Å². The van der Waals surface area contributed by atoms with E-state index in [9.17, 15) is 0 Å². The Labute approximate surface area is 106 Å². The van der Waals surface area contributed by atoms with Gasteiger partial charge in [-0.05, 0) is 36.5 Å². The van der Waals surface area contributed by atoms with Gasteiger partial charge in [-0.3, -0.25) is 0 Å².